The van der Waals surface area contributed by atoms with Gasteiger partial charge in [0.1, 0.15) is 5.75 Å². The summed E-state index contributed by atoms with van der Waals surface area (Å²) in [4.78, 5) is 26.7. The molecule has 2 atom stereocenters. The average molecular weight is 392 g/mol. The SMILES string of the molecule is CC[C@H](Oc1ccc2c(c1)[C@@H](c1ccccc1)N(C(C)=O)CC2)C(=O)NC1CC1. The smallest absolute Gasteiger partial charge is 0.261 e. The highest BCUT2D eigenvalue weighted by atomic mass is 16.5. The van der Waals surface area contributed by atoms with Crippen LogP contribution in [0.15, 0.2) is 48.5 Å². The summed E-state index contributed by atoms with van der Waals surface area (Å²) in [6.07, 6.45) is 3.03. The van der Waals surface area contributed by atoms with Gasteiger partial charge in [-0.05, 0) is 54.5 Å². The van der Waals surface area contributed by atoms with E-state index < -0.39 is 6.10 Å². The van der Waals surface area contributed by atoms with Crippen LogP contribution in [0.3, 0.4) is 0 Å². The summed E-state index contributed by atoms with van der Waals surface area (Å²) in [5, 5.41) is 3.03. The molecule has 2 aliphatic rings. The van der Waals surface area contributed by atoms with Gasteiger partial charge in [0.2, 0.25) is 5.91 Å². The van der Waals surface area contributed by atoms with Crippen molar-refractivity contribution in [3.05, 3.63) is 65.2 Å². The molecule has 29 heavy (non-hydrogen) atoms. The Morgan fingerprint density at radius 1 is 1.17 bits per heavy atom. The summed E-state index contributed by atoms with van der Waals surface area (Å²) < 4.78 is 6.08. The Bertz CT molecular complexity index is 892. The van der Waals surface area contributed by atoms with Crippen LogP contribution < -0.4 is 10.1 Å². The maximum Gasteiger partial charge on any atom is 0.261 e. The molecule has 0 radical (unpaired) electrons. The van der Waals surface area contributed by atoms with E-state index in [0.29, 0.717) is 24.8 Å². The molecule has 0 aromatic heterocycles. The fraction of sp³-hybridized carbons (Fsp3) is 0.417. The molecule has 0 saturated heterocycles. The number of carbonyl (C=O) groups is 2. The fourth-order valence-electron chi connectivity index (χ4n) is 4.01. The normalized spacial score (nSPS) is 19.2. The third-order valence-electron chi connectivity index (χ3n) is 5.73. The molecule has 1 aliphatic carbocycles. The summed E-state index contributed by atoms with van der Waals surface area (Å²) in [6.45, 7) is 4.28. The predicted molar refractivity (Wildman–Crippen MR) is 112 cm³/mol. The van der Waals surface area contributed by atoms with E-state index in [9.17, 15) is 9.59 Å². The summed E-state index contributed by atoms with van der Waals surface area (Å²) >= 11 is 0. The number of carbonyl (C=O) groups excluding carboxylic acids is 2. The van der Waals surface area contributed by atoms with Gasteiger partial charge in [0.05, 0.1) is 6.04 Å². The van der Waals surface area contributed by atoms with Crippen molar-refractivity contribution in [2.24, 2.45) is 0 Å². The molecule has 4 rings (SSSR count). The van der Waals surface area contributed by atoms with Gasteiger partial charge in [0.25, 0.3) is 5.91 Å². The number of ether oxygens (including phenoxy) is 1. The second-order valence-electron chi connectivity index (χ2n) is 7.93. The van der Waals surface area contributed by atoms with Gasteiger partial charge >= 0.3 is 0 Å². The Labute approximate surface area is 172 Å². The van der Waals surface area contributed by atoms with Gasteiger partial charge < -0.3 is 15.0 Å². The summed E-state index contributed by atoms with van der Waals surface area (Å²) in [6, 6.07) is 16.3. The second-order valence-corrected chi connectivity index (χ2v) is 7.93. The van der Waals surface area contributed by atoms with Crippen LogP contribution in [-0.4, -0.2) is 35.4 Å². The number of fused-ring (bicyclic) bond motifs is 1. The molecule has 1 saturated carbocycles. The zero-order valence-electron chi connectivity index (χ0n) is 17.1. The van der Waals surface area contributed by atoms with Crippen molar-refractivity contribution in [3.8, 4) is 5.75 Å². The summed E-state index contributed by atoms with van der Waals surface area (Å²) in [5.41, 5.74) is 3.38. The highest BCUT2D eigenvalue weighted by molar-refractivity contribution is 5.81. The van der Waals surface area contributed by atoms with Crippen LogP contribution in [0, 0.1) is 0 Å². The van der Waals surface area contributed by atoms with E-state index in [1.54, 1.807) is 6.92 Å². The Balaban J connectivity index is 1.64. The van der Waals surface area contributed by atoms with Crippen molar-refractivity contribution in [1.29, 1.82) is 0 Å². The largest absolute Gasteiger partial charge is 0.481 e. The maximum absolute atomic E-state index is 12.5. The minimum atomic E-state index is -0.503. The third-order valence-corrected chi connectivity index (χ3v) is 5.73. The van der Waals surface area contributed by atoms with Crippen LogP contribution in [0.25, 0.3) is 0 Å². The molecule has 1 heterocycles. The predicted octanol–water partition coefficient (Wildman–Crippen LogP) is 3.62. The van der Waals surface area contributed by atoms with Gasteiger partial charge in [-0.3, -0.25) is 9.59 Å². The molecule has 1 aliphatic heterocycles. The lowest BCUT2D eigenvalue weighted by Gasteiger charge is -2.37. The van der Waals surface area contributed by atoms with Crippen LogP contribution in [0.2, 0.25) is 0 Å². The van der Waals surface area contributed by atoms with Crippen molar-refractivity contribution in [2.75, 3.05) is 6.54 Å². The van der Waals surface area contributed by atoms with Crippen LogP contribution in [-0.2, 0) is 16.0 Å². The number of nitrogens with zero attached hydrogens (tertiary/aromatic N) is 1. The van der Waals surface area contributed by atoms with Crippen LogP contribution in [0.1, 0.15) is 55.8 Å². The summed E-state index contributed by atoms with van der Waals surface area (Å²) in [7, 11) is 0. The van der Waals surface area contributed by atoms with Gasteiger partial charge in [-0.2, -0.15) is 0 Å². The molecule has 0 spiro atoms. The first kappa shape index (κ1) is 19.5. The molecular weight excluding hydrogens is 364 g/mol. The molecule has 5 heteroatoms. The molecule has 2 aromatic rings. The number of hydrogen-bond donors (Lipinski definition) is 1. The van der Waals surface area contributed by atoms with E-state index >= 15 is 0 Å². The molecule has 5 nitrogen and oxygen atoms in total. The van der Waals surface area contributed by atoms with Gasteiger partial charge in [0, 0.05) is 19.5 Å². The molecule has 0 unspecified atom stereocenters. The van der Waals surface area contributed by atoms with E-state index in [-0.39, 0.29) is 17.9 Å². The standard InChI is InChI=1S/C24H28N2O3/c1-3-22(24(28)25-19-10-11-19)29-20-12-9-17-13-14-26(16(2)27)23(21(17)15-20)18-7-5-4-6-8-18/h4-9,12,15,19,22-23H,3,10-11,13-14H2,1-2H3,(H,25,28)/t22-,23+/m0/s1. The lowest BCUT2D eigenvalue weighted by atomic mass is 9.88. The van der Waals surface area contributed by atoms with E-state index in [4.69, 9.17) is 4.74 Å². The number of hydrogen-bond acceptors (Lipinski definition) is 3. The van der Waals surface area contributed by atoms with Gasteiger partial charge in [-0.1, -0.05) is 43.3 Å². The molecule has 2 aromatic carbocycles. The van der Waals surface area contributed by atoms with Gasteiger partial charge in [-0.15, -0.1) is 0 Å². The Morgan fingerprint density at radius 3 is 2.59 bits per heavy atom. The van der Waals surface area contributed by atoms with E-state index in [1.165, 1.54) is 5.56 Å². The Hall–Kier alpha value is -2.82. The van der Waals surface area contributed by atoms with E-state index in [0.717, 1.165) is 30.4 Å². The van der Waals surface area contributed by atoms with Crippen molar-refractivity contribution in [3.63, 3.8) is 0 Å². The average Bonchev–Trinajstić information content (AvgIpc) is 3.55. The topological polar surface area (TPSA) is 58.6 Å². The Kier molecular flexibility index (Phi) is 5.56. The molecular formula is C24H28N2O3. The number of rotatable bonds is 6. The van der Waals surface area contributed by atoms with Crippen molar-refractivity contribution < 1.29 is 14.3 Å². The first-order chi connectivity index (χ1) is 14.1. The van der Waals surface area contributed by atoms with Crippen molar-refractivity contribution in [2.45, 2.75) is 57.7 Å². The highest BCUT2D eigenvalue weighted by Crippen LogP contribution is 2.37. The fourth-order valence-corrected chi connectivity index (χ4v) is 4.01. The lowest BCUT2D eigenvalue weighted by Crippen LogP contribution is -2.40. The second kappa shape index (κ2) is 8.27. The zero-order chi connectivity index (χ0) is 20.4. The molecule has 152 valence electrons. The van der Waals surface area contributed by atoms with Crippen LogP contribution >= 0.6 is 0 Å². The molecule has 1 N–H and O–H groups in total. The number of amides is 2. The summed E-state index contributed by atoms with van der Waals surface area (Å²) in [5.74, 6) is 0.691. The van der Waals surface area contributed by atoms with Gasteiger partial charge in [0.15, 0.2) is 6.10 Å². The molecule has 0 bridgehead atoms. The number of benzene rings is 2. The number of nitrogens with one attached hydrogen (secondary N) is 1. The molecule has 1 fully saturated rings. The first-order valence-electron chi connectivity index (χ1n) is 10.5. The lowest BCUT2D eigenvalue weighted by molar-refractivity contribution is -0.131. The van der Waals surface area contributed by atoms with Gasteiger partial charge in [-0.25, -0.2) is 0 Å². The maximum atomic E-state index is 12.5. The Morgan fingerprint density at radius 2 is 1.93 bits per heavy atom. The zero-order valence-corrected chi connectivity index (χ0v) is 17.1. The van der Waals surface area contributed by atoms with E-state index in [1.807, 2.05) is 42.2 Å². The monoisotopic (exact) mass is 392 g/mol. The van der Waals surface area contributed by atoms with Crippen molar-refractivity contribution in [1.82, 2.24) is 10.2 Å². The van der Waals surface area contributed by atoms with Crippen molar-refractivity contribution >= 4 is 11.8 Å². The van der Waals surface area contributed by atoms with Crippen LogP contribution in [0.4, 0.5) is 0 Å². The quantitative estimate of drug-likeness (QED) is 0.817. The molecule has 2 amide bonds. The van der Waals surface area contributed by atoms with E-state index in [2.05, 4.69) is 23.5 Å². The first-order valence-corrected chi connectivity index (χ1v) is 10.5. The van der Waals surface area contributed by atoms with Crippen LogP contribution in [0.5, 0.6) is 5.75 Å². The minimum Gasteiger partial charge on any atom is -0.481 e. The third kappa shape index (κ3) is 4.29. The highest BCUT2D eigenvalue weighted by Gasteiger charge is 2.32. The minimum absolute atomic E-state index is 0.0438.